The monoisotopic (exact) mass is 510 g/mol. The minimum Gasteiger partial charge on any atom is -0.493 e. The molecule has 2 aromatic carbocycles. The second-order valence-corrected chi connectivity index (χ2v) is 9.27. The number of rotatable bonds is 8. The van der Waals surface area contributed by atoms with Crippen molar-refractivity contribution in [2.45, 2.75) is 26.3 Å². The Morgan fingerprint density at radius 1 is 1.17 bits per heavy atom. The molecule has 0 radical (unpaired) electrons. The number of anilines is 2. The third kappa shape index (κ3) is 4.94. The van der Waals surface area contributed by atoms with Crippen LogP contribution in [0.2, 0.25) is 5.02 Å². The van der Waals surface area contributed by atoms with Gasteiger partial charge in [-0.1, -0.05) is 11.6 Å². The van der Waals surface area contributed by atoms with Gasteiger partial charge in [-0.25, -0.2) is 14.4 Å². The maximum atomic E-state index is 13.6. The van der Waals surface area contributed by atoms with E-state index in [9.17, 15) is 4.39 Å². The SMILES string of the molecule is COc1cc2ncnc(Nc3ccc(F)c(Cl)c3)c2cc1OCCCN1CCc2nn(C)c(C)c2C1. The molecule has 8 nitrogen and oxygen atoms in total. The molecule has 4 aromatic rings. The zero-order chi connectivity index (χ0) is 25.2. The van der Waals surface area contributed by atoms with Gasteiger partial charge in [0.15, 0.2) is 11.5 Å². The van der Waals surface area contributed by atoms with Gasteiger partial charge in [-0.3, -0.25) is 9.58 Å². The summed E-state index contributed by atoms with van der Waals surface area (Å²) in [6.45, 7) is 5.53. The maximum Gasteiger partial charge on any atom is 0.162 e. The normalized spacial score (nSPS) is 13.6. The fourth-order valence-corrected chi connectivity index (χ4v) is 4.68. The molecule has 36 heavy (non-hydrogen) atoms. The highest BCUT2D eigenvalue weighted by molar-refractivity contribution is 6.31. The van der Waals surface area contributed by atoms with Gasteiger partial charge in [-0.05, 0) is 37.6 Å². The molecular weight excluding hydrogens is 483 g/mol. The highest BCUT2D eigenvalue weighted by Crippen LogP contribution is 2.35. The van der Waals surface area contributed by atoms with Gasteiger partial charge >= 0.3 is 0 Å². The summed E-state index contributed by atoms with van der Waals surface area (Å²) < 4.78 is 27.2. The number of hydrogen-bond acceptors (Lipinski definition) is 7. The lowest BCUT2D eigenvalue weighted by Crippen LogP contribution is -2.32. The van der Waals surface area contributed by atoms with Gasteiger partial charge in [-0.15, -0.1) is 0 Å². The molecule has 5 rings (SSSR count). The average molecular weight is 511 g/mol. The number of halogens is 2. The zero-order valence-electron chi connectivity index (χ0n) is 20.5. The summed E-state index contributed by atoms with van der Waals surface area (Å²) in [5.41, 5.74) is 5.12. The molecule has 2 aromatic heterocycles. The first-order valence-electron chi connectivity index (χ1n) is 11.8. The maximum absolute atomic E-state index is 13.6. The molecule has 1 aliphatic heterocycles. The number of hydrogen-bond donors (Lipinski definition) is 1. The van der Waals surface area contributed by atoms with Crippen LogP contribution in [0.15, 0.2) is 36.7 Å². The predicted molar refractivity (Wildman–Crippen MR) is 138 cm³/mol. The van der Waals surface area contributed by atoms with E-state index in [0.29, 0.717) is 35.1 Å². The van der Waals surface area contributed by atoms with Crippen LogP contribution in [-0.4, -0.2) is 51.5 Å². The minimum absolute atomic E-state index is 0.0349. The van der Waals surface area contributed by atoms with E-state index in [1.807, 2.05) is 23.9 Å². The van der Waals surface area contributed by atoms with E-state index in [1.54, 1.807) is 13.2 Å². The van der Waals surface area contributed by atoms with Crippen LogP contribution in [0.3, 0.4) is 0 Å². The van der Waals surface area contributed by atoms with Gasteiger partial charge in [0.2, 0.25) is 0 Å². The lowest BCUT2D eigenvalue weighted by molar-refractivity contribution is 0.217. The van der Waals surface area contributed by atoms with Crippen molar-refractivity contribution < 1.29 is 13.9 Å². The van der Waals surface area contributed by atoms with E-state index in [1.165, 1.54) is 35.4 Å². The number of ether oxygens (including phenoxy) is 2. The molecule has 10 heteroatoms. The van der Waals surface area contributed by atoms with E-state index in [-0.39, 0.29) is 5.02 Å². The standard InChI is InChI=1S/C26H28ClFN6O2/c1-16-19-14-34(9-7-22(19)32-33(16)2)8-4-10-36-25-12-18-23(13-24(25)35-3)29-15-30-26(18)31-17-5-6-21(28)20(27)11-17/h5-6,11-13,15H,4,7-10,14H2,1-3H3,(H,29,30,31). The van der Waals surface area contributed by atoms with Crippen molar-refractivity contribution in [3.8, 4) is 11.5 Å². The third-order valence-electron chi connectivity index (χ3n) is 6.57. The van der Waals surface area contributed by atoms with Crippen molar-refractivity contribution >= 4 is 34.0 Å². The summed E-state index contributed by atoms with van der Waals surface area (Å²) >= 11 is 5.93. The Labute approximate surface area is 214 Å². The first-order valence-corrected chi connectivity index (χ1v) is 12.2. The van der Waals surface area contributed by atoms with Crippen LogP contribution in [0.4, 0.5) is 15.9 Å². The van der Waals surface area contributed by atoms with Gasteiger partial charge in [0, 0.05) is 61.5 Å². The number of aromatic nitrogens is 4. The summed E-state index contributed by atoms with van der Waals surface area (Å²) in [6, 6.07) is 8.12. The molecule has 0 fully saturated rings. The summed E-state index contributed by atoms with van der Waals surface area (Å²) in [6.07, 6.45) is 3.31. The lowest BCUT2D eigenvalue weighted by Gasteiger charge is -2.26. The van der Waals surface area contributed by atoms with Gasteiger partial charge in [0.05, 0.1) is 29.9 Å². The van der Waals surface area contributed by atoms with E-state index in [4.69, 9.17) is 21.1 Å². The first-order chi connectivity index (χ1) is 17.4. The highest BCUT2D eigenvalue weighted by Gasteiger charge is 2.21. The quantitative estimate of drug-likeness (QED) is 0.332. The van der Waals surface area contributed by atoms with Crippen molar-refractivity contribution in [3.05, 3.63) is 64.5 Å². The summed E-state index contributed by atoms with van der Waals surface area (Å²) in [5.74, 6) is 1.30. The number of fused-ring (bicyclic) bond motifs is 2. The topological polar surface area (TPSA) is 77.3 Å². The molecule has 188 valence electrons. The Hall–Kier alpha value is -3.43. The molecule has 0 unspecified atom stereocenters. The number of aryl methyl sites for hydroxylation is 1. The Morgan fingerprint density at radius 2 is 2.03 bits per heavy atom. The van der Waals surface area contributed by atoms with Crippen molar-refractivity contribution in [1.82, 2.24) is 24.6 Å². The van der Waals surface area contributed by atoms with Crippen LogP contribution < -0.4 is 14.8 Å². The molecule has 0 saturated carbocycles. The van der Waals surface area contributed by atoms with Crippen molar-refractivity contribution in [2.75, 3.05) is 32.1 Å². The Bertz CT molecular complexity index is 1410. The molecule has 0 saturated heterocycles. The second-order valence-electron chi connectivity index (χ2n) is 8.86. The molecule has 3 heterocycles. The molecule has 0 bridgehead atoms. The summed E-state index contributed by atoms with van der Waals surface area (Å²) in [7, 11) is 3.61. The number of nitrogens with zero attached hydrogens (tertiary/aromatic N) is 5. The van der Waals surface area contributed by atoms with Crippen LogP contribution in [0.25, 0.3) is 10.9 Å². The van der Waals surface area contributed by atoms with Crippen LogP contribution in [0.5, 0.6) is 11.5 Å². The van der Waals surface area contributed by atoms with E-state index >= 15 is 0 Å². The Kier molecular flexibility index (Phi) is 6.93. The van der Waals surface area contributed by atoms with Crippen LogP contribution in [0.1, 0.15) is 23.4 Å². The Morgan fingerprint density at radius 3 is 2.83 bits per heavy atom. The van der Waals surface area contributed by atoms with Crippen LogP contribution in [0, 0.1) is 12.7 Å². The van der Waals surface area contributed by atoms with E-state index in [2.05, 4.69) is 32.2 Å². The van der Waals surface area contributed by atoms with Gasteiger partial charge in [0.25, 0.3) is 0 Å². The molecular formula is C26H28ClFN6O2. The highest BCUT2D eigenvalue weighted by atomic mass is 35.5. The number of methoxy groups -OCH3 is 1. The van der Waals surface area contributed by atoms with Crippen LogP contribution in [-0.2, 0) is 20.0 Å². The fraction of sp³-hybridized carbons (Fsp3) is 0.346. The van der Waals surface area contributed by atoms with E-state index in [0.717, 1.165) is 37.9 Å². The second kappa shape index (κ2) is 10.3. The summed E-state index contributed by atoms with van der Waals surface area (Å²) in [5, 5.41) is 8.60. The molecule has 0 atom stereocenters. The smallest absolute Gasteiger partial charge is 0.162 e. The van der Waals surface area contributed by atoms with Crippen molar-refractivity contribution in [3.63, 3.8) is 0 Å². The largest absolute Gasteiger partial charge is 0.493 e. The lowest BCUT2D eigenvalue weighted by atomic mass is 10.1. The van der Waals surface area contributed by atoms with Crippen molar-refractivity contribution in [1.29, 1.82) is 0 Å². The molecule has 0 amide bonds. The molecule has 0 aliphatic carbocycles. The molecule has 1 aliphatic rings. The fourth-order valence-electron chi connectivity index (χ4n) is 4.50. The van der Waals surface area contributed by atoms with Crippen LogP contribution >= 0.6 is 11.6 Å². The van der Waals surface area contributed by atoms with Gasteiger partial charge in [-0.2, -0.15) is 5.10 Å². The zero-order valence-corrected chi connectivity index (χ0v) is 21.3. The van der Waals surface area contributed by atoms with Gasteiger partial charge < -0.3 is 14.8 Å². The average Bonchev–Trinajstić information content (AvgIpc) is 3.16. The third-order valence-corrected chi connectivity index (χ3v) is 6.86. The van der Waals surface area contributed by atoms with E-state index < -0.39 is 5.82 Å². The number of nitrogens with one attached hydrogen (secondary N) is 1. The predicted octanol–water partition coefficient (Wildman–Crippen LogP) is 5.04. The first kappa shape index (κ1) is 24.3. The van der Waals surface area contributed by atoms with Gasteiger partial charge in [0.1, 0.15) is 18.0 Å². The van der Waals surface area contributed by atoms with Crippen molar-refractivity contribution in [2.24, 2.45) is 7.05 Å². The Balaban J connectivity index is 1.27. The molecule has 0 spiro atoms. The number of benzene rings is 2. The molecule has 1 N–H and O–H groups in total. The summed E-state index contributed by atoms with van der Waals surface area (Å²) in [4.78, 5) is 11.2. The minimum atomic E-state index is -0.476.